The minimum absolute atomic E-state index is 0.0973. The summed E-state index contributed by atoms with van der Waals surface area (Å²) in [7, 11) is 1.72. The largest absolute Gasteiger partial charge is 0.388 e. The maximum atomic E-state index is 10.2. The van der Waals surface area contributed by atoms with Gasteiger partial charge in [-0.3, -0.25) is 0 Å². The number of ether oxygens (including phenoxy) is 1. The number of rotatable bonds is 2. The van der Waals surface area contributed by atoms with E-state index in [9.17, 15) is 5.11 Å². The quantitative estimate of drug-likeness (QED) is 0.691. The summed E-state index contributed by atoms with van der Waals surface area (Å²) in [5.74, 6) is 0. The third-order valence-electron chi connectivity index (χ3n) is 2.84. The molecule has 0 unspecified atom stereocenters. The lowest BCUT2D eigenvalue weighted by Gasteiger charge is -2.34. The van der Waals surface area contributed by atoms with Gasteiger partial charge < -0.3 is 9.84 Å². The Labute approximate surface area is 87.0 Å². The number of hydrogen-bond acceptors (Lipinski definition) is 2. The zero-order valence-corrected chi connectivity index (χ0v) is 9.71. The van der Waals surface area contributed by atoms with Crippen LogP contribution in [0.2, 0.25) is 0 Å². The van der Waals surface area contributed by atoms with Crippen LogP contribution in [0.1, 0.15) is 40.0 Å². The summed E-state index contributed by atoms with van der Waals surface area (Å²) in [6.45, 7) is 6.17. The Bertz CT molecular complexity index is 213. The van der Waals surface area contributed by atoms with Crippen LogP contribution in [0.4, 0.5) is 0 Å². The van der Waals surface area contributed by atoms with E-state index in [0.29, 0.717) is 0 Å². The van der Waals surface area contributed by atoms with Crippen LogP contribution in [0, 0.1) is 5.41 Å². The lowest BCUT2D eigenvalue weighted by Crippen LogP contribution is -2.35. The molecule has 0 saturated carbocycles. The Morgan fingerprint density at radius 3 is 2.64 bits per heavy atom. The van der Waals surface area contributed by atoms with Crippen molar-refractivity contribution in [2.24, 2.45) is 5.41 Å². The van der Waals surface area contributed by atoms with Crippen molar-refractivity contribution in [1.29, 1.82) is 0 Å². The number of hydrogen-bond donors (Lipinski definition) is 1. The molecule has 1 aliphatic carbocycles. The van der Waals surface area contributed by atoms with Crippen LogP contribution in [0.25, 0.3) is 0 Å². The number of aliphatic hydroxyl groups excluding tert-OH is 1. The van der Waals surface area contributed by atoms with E-state index in [4.69, 9.17) is 4.74 Å². The van der Waals surface area contributed by atoms with Crippen molar-refractivity contribution < 1.29 is 9.84 Å². The molecule has 0 aromatic carbocycles. The van der Waals surface area contributed by atoms with Crippen LogP contribution >= 0.6 is 0 Å². The van der Waals surface area contributed by atoms with Gasteiger partial charge in [0.25, 0.3) is 0 Å². The van der Waals surface area contributed by atoms with Crippen molar-refractivity contribution in [1.82, 2.24) is 0 Å². The van der Waals surface area contributed by atoms with Crippen LogP contribution in [-0.2, 0) is 4.74 Å². The van der Waals surface area contributed by atoms with E-state index in [-0.39, 0.29) is 17.6 Å². The first-order valence-corrected chi connectivity index (χ1v) is 5.37. The SMILES string of the molecule is CO[C@H]1CCCC=C1[C@@H](O)C(C)(C)C. The zero-order valence-electron chi connectivity index (χ0n) is 9.71. The molecular formula is C12H22O2. The first-order chi connectivity index (χ1) is 6.46. The Hall–Kier alpha value is -0.340. The number of methoxy groups -OCH3 is 1. The fourth-order valence-electron chi connectivity index (χ4n) is 1.91. The van der Waals surface area contributed by atoms with Gasteiger partial charge in [0.2, 0.25) is 0 Å². The molecule has 2 nitrogen and oxygen atoms in total. The molecule has 0 heterocycles. The van der Waals surface area contributed by atoms with Gasteiger partial charge in [-0.25, -0.2) is 0 Å². The van der Waals surface area contributed by atoms with Gasteiger partial charge in [0, 0.05) is 7.11 Å². The molecular weight excluding hydrogens is 176 g/mol. The molecule has 0 aliphatic heterocycles. The first kappa shape index (κ1) is 11.7. The average molecular weight is 198 g/mol. The molecule has 1 rings (SSSR count). The molecule has 0 aromatic heterocycles. The predicted molar refractivity (Wildman–Crippen MR) is 58.2 cm³/mol. The maximum absolute atomic E-state index is 10.2. The van der Waals surface area contributed by atoms with Crippen molar-refractivity contribution in [3.63, 3.8) is 0 Å². The Balaban J connectivity index is 2.78. The van der Waals surface area contributed by atoms with E-state index >= 15 is 0 Å². The summed E-state index contributed by atoms with van der Waals surface area (Å²) in [6.07, 6.45) is 5.16. The zero-order chi connectivity index (χ0) is 10.8. The summed E-state index contributed by atoms with van der Waals surface area (Å²) >= 11 is 0. The third kappa shape index (κ3) is 2.58. The van der Waals surface area contributed by atoms with Crippen LogP contribution in [0.15, 0.2) is 11.6 Å². The summed E-state index contributed by atoms with van der Waals surface area (Å²) in [6, 6.07) is 0. The van der Waals surface area contributed by atoms with E-state index < -0.39 is 0 Å². The van der Waals surface area contributed by atoms with E-state index in [1.165, 1.54) is 6.42 Å². The lowest BCUT2D eigenvalue weighted by atomic mass is 9.79. The fraction of sp³-hybridized carbons (Fsp3) is 0.833. The van der Waals surface area contributed by atoms with Crippen molar-refractivity contribution in [2.45, 2.75) is 52.2 Å². The molecule has 1 aliphatic rings. The average Bonchev–Trinajstić information content (AvgIpc) is 2.15. The molecule has 0 radical (unpaired) electrons. The molecule has 82 valence electrons. The van der Waals surface area contributed by atoms with Crippen molar-refractivity contribution >= 4 is 0 Å². The molecule has 1 N–H and O–H groups in total. The smallest absolute Gasteiger partial charge is 0.0823 e. The Kier molecular flexibility index (Phi) is 3.73. The molecule has 0 fully saturated rings. The van der Waals surface area contributed by atoms with Gasteiger partial charge in [0.15, 0.2) is 0 Å². The predicted octanol–water partition coefficient (Wildman–Crippen LogP) is 2.52. The fourth-order valence-corrected chi connectivity index (χ4v) is 1.91. The summed E-state index contributed by atoms with van der Waals surface area (Å²) < 4.78 is 5.39. The molecule has 0 aromatic rings. The van der Waals surface area contributed by atoms with Crippen LogP contribution < -0.4 is 0 Å². The molecule has 0 spiro atoms. The second-order valence-corrected chi connectivity index (χ2v) is 5.13. The van der Waals surface area contributed by atoms with Crippen molar-refractivity contribution in [2.75, 3.05) is 7.11 Å². The second-order valence-electron chi connectivity index (χ2n) is 5.13. The van der Waals surface area contributed by atoms with E-state index in [1.807, 2.05) is 0 Å². The Morgan fingerprint density at radius 1 is 1.50 bits per heavy atom. The van der Waals surface area contributed by atoms with Gasteiger partial charge in [-0.2, -0.15) is 0 Å². The van der Waals surface area contributed by atoms with Crippen molar-refractivity contribution in [3.05, 3.63) is 11.6 Å². The second kappa shape index (κ2) is 4.45. The highest BCUT2D eigenvalue weighted by Crippen LogP contribution is 2.32. The third-order valence-corrected chi connectivity index (χ3v) is 2.84. The molecule has 0 amide bonds. The number of aliphatic hydroxyl groups is 1. The highest BCUT2D eigenvalue weighted by molar-refractivity contribution is 5.18. The van der Waals surface area contributed by atoms with Gasteiger partial charge in [-0.05, 0) is 30.3 Å². The monoisotopic (exact) mass is 198 g/mol. The maximum Gasteiger partial charge on any atom is 0.0823 e. The van der Waals surface area contributed by atoms with Gasteiger partial charge in [0.1, 0.15) is 0 Å². The Morgan fingerprint density at radius 2 is 2.14 bits per heavy atom. The van der Waals surface area contributed by atoms with Crippen LogP contribution in [0.5, 0.6) is 0 Å². The van der Waals surface area contributed by atoms with Crippen molar-refractivity contribution in [3.8, 4) is 0 Å². The van der Waals surface area contributed by atoms with E-state index in [1.54, 1.807) is 7.11 Å². The van der Waals surface area contributed by atoms with Gasteiger partial charge in [-0.15, -0.1) is 0 Å². The topological polar surface area (TPSA) is 29.5 Å². The molecule has 0 bridgehead atoms. The molecule has 0 saturated heterocycles. The van der Waals surface area contributed by atoms with Gasteiger partial charge >= 0.3 is 0 Å². The molecule has 2 atom stereocenters. The van der Waals surface area contributed by atoms with Crippen LogP contribution in [0.3, 0.4) is 0 Å². The number of allylic oxidation sites excluding steroid dienone is 1. The van der Waals surface area contributed by atoms with Crippen LogP contribution in [-0.4, -0.2) is 24.4 Å². The minimum atomic E-state index is -0.382. The molecule has 2 heteroatoms. The standard InChI is InChI=1S/C12H22O2/c1-12(2,3)11(13)9-7-5-6-8-10(9)14-4/h7,10-11,13H,5-6,8H2,1-4H3/t10-,11+/m0/s1. The highest BCUT2D eigenvalue weighted by atomic mass is 16.5. The first-order valence-electron chi connectivity index (χ1n) is 5.37. The lowest BCUT2D eigenvalue weighted by molar-refractivity contribution is 0.0429. The summed E-state index contributed by atoms with van der Waals surface area (Å²) in [4.78, 5) is 0. The highest BCUT2D eigenvalue weighted by Gasteiger charge is 2.31. The van der Waals surface area contributed by atoms with Gasteiger partial charge in [-0.1, -0.05) is 26.8 Å². The summed E-state index contributed by atoms with van der Waals surface area (Å²) in [5, 5.41) is 10.2. The normalized spacial score (nSPS) is 25.8. The van der Waals surface area contributed by atoms with E-state index in [2.05, 4.69) is 26.8 Å². The minimum Gasteiger partial charge on any atom is -0.388 e. The molecule has 14 heavy (non-hydrogen) atoms. The summed E-state index contributed by atoms with van der Waals surface area (Å²) in [5.41, 5.74) is 0.978. The van der Waals surface area contributed by atoms with E-state index in [0.717, 1.165) is 18.4 Å². The van der Waals surface area contributed by atoms with Gasteiger partial charge in [0.05, 0.1) is 12.2 Å².